The first-order chi connectivity index (χ1) is 15.3. The minimum atomic E-state index is -0.831. The van der Waals surface area contributed by atoms with Crippen molar-refractivity contribution in [2.45, 2.75) is 46.1 Å². The molecular formula is C23H26F2N4O3. The van der Waals surface area contributed by atoms with Gasteiger partial charge in [0.1, 0.15) is 28.9 Å². The molecule has 170 valence electrons. The van der Waals surface area contributed by atoms with Gasteiger partial charge in [0.05, 0.1) is 17.4 Å². The van der Waals surface area contributed by atoms with E-state index in [-0.39, 0.29) is 28.8 Å². The number of halogens is 2. The molecule has 32 heavy (non-hydrogen) atoms. The zero-order valence-corrected chi connectivity index (χ0v) is 18.5. The van der Waals surface area contributed by atoms with E-state index in [9.17, 15) is 14.0 Å². The minimum Gasteiger partial charge on any atom is -0.490 e. The molecule has 1 atom stereocenters. The molecule has 0 saturated heterocycles. The van der Waals surface area contributed by atoms with Crippen LogP contribution >= 0.6 is 0 Å². The Morgan fingerprint density at radius 1 is 1.19 bits per heavy atom. The predicted octanol–water partition coefficient (Wildman–Crippen LogP) is 4.23. The molecule has 1 amide bonds. The summed E-state index contributed by atoms with van der Waals surface area (Å²) < 4.78 is 37.3. The summed E-state index contributed by atoms with van der Waals surface area (Å²) in [7, 11) is 1.56. The maximum Gasteiger partial charge on any atom is 0.350 e. The minimum absolute atomic E-state index is 0.0388. The Kier molecular flexibility index (Phi) is 7.07. The summed E-state index contributed by atoms with van der Waals surface area (Å²) in [5.41, 5.74) is -0.802. The van der Waals surface area contributed by atoms with Crippen LogP contribution in [0.5, 0.6) is 5.75 Å². The molecule has 3 rings (SSSR count). The summed E-state index contributed by atoms with van der Waals surface area (Å²) in [5.74, 6) is -1.62. The zero-order valence-electron chi connectivity index (χ0n) is 18.5. The average molecular weight is 444 g/mol. The number of aromatic nitrogens is 3. The van der Waals surface area contributed by atoms with Crippen LogP contribution in [0.15, 0.2) is 41.2 Å². The number of anilines is 1. The normalized spacial score (nSPS) is 11.9. The first kappa shape index (κ1) is 23.2. The lowest BCUT2D eigenvalue weighted by Gasteiger charge is -2.18. The Morgan fingerprint density at radius 3 is 2.53 bits per heavy atom. The van der Waals surface area contributed by atoms with E-state index in [1.54, 1.807) is 13.1 Å². The molecule has 1 unspecified atom stereocenters. The molecule has 1 heterocycles. The van der Waals surface area contributed by atoms with Crippen LogP contribution in [0.1, 0.15) is 49.8 Å². The number of nitrogens with zero attached hydrogens (tertiary/aromatic N) is 3. The highest BCUT2D eigenvalue weighted by Crippen LogP contribution is 2.28. The molecule has 3 aromatic rings. The van der Waals surface area contributed by atoms with Crippen LogP contribution in [-0.4, -0.2) is 26.4 Å². The number of hydrogen-bond acceptors (Lipinski definition) is 4. The quantitative estimate of drug-likeness (QED) is 0.564. The molecule has 1 aromatic heterocycles. The van der Waals surface area contributed by atoms with Gasteiger partial charge >= 0.3 is 5.69 Å². The lowest BCUT2D eigenvalue weighted by molar-refractivity contribution is 0.101. The van der Waals surface area contributed by atoms with E-state index in [1.165, 1.54) is 28.8 Å². The van der Waals surface area contributed by atoms with Crippen molar-refractivity contribution in [2.75, 3.05) is 5.32 Å². The second-order valence-corrected chi connectivity index (χ2v) is 7.47. The number of amides is 1. The Hall–Kier alpha value is -3.49. The van der Waals surface area contributed by atoms with E-state index in [0.717, 1.165) is 17.2 Å². The second-order valence-electron chi connectivity index (χ2n) is 7.47. The summed E-state index contributed by atoms with van der Waals surface area (Å²) in [6, 6.07) is 7.94. The second kappa shape index (κ2) is 9.76. The van der Waals surface area contributed by atoms with Crippen LogP contribution in [0.4, 0.5) is 14.5 Å². The van der Waals surface area contributed by atoms with Crippen molar-refractivity contribution in [2.24, 2.45) is 7.05 Å². The topological polar surface area (TPSA) is 78.2 Å². The van der Waals surface area contributed by atoms with E-state index >= 15 is 4.39 Å². The summed E-state index contributed by atoms with van der Waals surface area (Å²) in [4.78, 5) is 25.5. The first-order valence-electron chi connectivity index (χ1n) is 10.5. The Morgan fingerprint density at radius 2 is 1.91 bits per heavy atom. The van der Waals surface area contributed by atoms with E-state index in [4.69, 9.17) is 4.74 Å². The number of carbonyl (C=O) groups is 1. The number of nitrogens with one attached hydrogen (secondary N) is 1. The maximum absolute atomic E-state index is 15.1. The molecule has 2 aromatic carbocycles. The van der Waals surface area contributed by atoms with Crippen molar-refractivity contribution < 1.29 is 18.3 Å². The average Bonchev–Trinajstić information content (AvgIpc) is 3.04. The largest absolute Gasteiger partial charge is 0.490 e. The summed E-state index contributed by atoms with van der Waals surface area (Å²) >= 11 is 0. The number of ether oxygens (including phenoxy) is 1. The van der Waals surface area contributed by atoms with Gasteiger partial charge in [0.2, 0.25) is 0 Å². The number of hydrogen-bond donors (Lipinski definition) is 1. The molecule has 0 saturated carbocycles. The van der Waals surface area contributed by atoms with Crippen LogP contribution in [0.25, 0.3) is 5.69 Å². The highest BCUT2D eigenvalue weighted by Gasteiger charge is 2.23. The predicted molar refractivity (Wildman–Crippen MR) is 117 cm³/mol. The summed E-state index contributed by atoms with van der Waals surface area (Å²) in [6.45, 7) is 5.65. The number of aryl methyl sites for hydroxylation is 1. The van der Waals surface area contributed by atoms with Crippen LogP contribution in [0.2, 0.25) is 0 Å². The highest BCUT2D eigenvalue weighted by atomic mass is 19.1. The zero-order chi connectivity index (χ0) is 23.4. The van der Waals surface area contributed by atoms with Gasteiger partial charge in [-0.3, -0.25) is 9.36 Å². The number of carbonyl (C=O) groups excluding carboxylic acids is 1. The first-order valence-corrected chi connectivity index (χ1v) is 10.5. The fourth-order valence-electron chi connectivity index (χ4n) is 3.36. The van der Waals surface area contributed by atoms with Crippen molar-refractivity contribution in [3.63, 3.8) is 0 Å². The molecule has 0 aliphatic carbocycles. The van der Waals surface area contributed by atoms with Gasteiger partial charge in [-0.2, -0.15) is 4.68 Å². The summed E-state index contributed by atoms with van der Waals surface area (Å²) in [5, 5.41) is 6.63. The van der Waals surface area contributed by atoms with Gasteiger partial charge in [-0.15, -0.1) is 5.10 Å². The molecule has 0 bridgehead atoms. The molecule has 0 spiro atoms. The Balaban J connectivity index is 2.09. The molecule has 1 N–H and O–H groups in total. The van der Waals surface area contributed by atoms with Gasteiger partial charge in [-0.05, 0) is 31.5 Å². The van der Waals surface area contributed by atoms with Gasteiger partial charge in [0.25, 0.3) is 5.91 Å². The number of benzene rings is 2. The van der Waals surface area contributed by atoms with E-state index in [0.29, 0.717) is 18.7 Å². The summed E-state index contributed by atoms with van der Waals surface area (Å²) in [6.07, 6.45) is 1.75. The third-order valence-electron chi connectivity index (χ3n) is 5.05. The molecule has 0 aliphatic heterocycles. The number of para-hydroxylation sites is 1. The van der Waals surface area contributed by atoms with E-state index in [1.807, 2.05) is 20.8 Å². The fourth-order valence-corrected chi connectivity index (χ4v) is 3.36. The smallest absolute Gasteiger partial charge is 0.350 e. The van der Waals surface area contributed by atoms with Gasteiger partial charge in [-0.1, -0.05) is 32.4 Å². The molecule has 7 nitrogen and oxygen atoms in total. The highest BCUT2D eigenvalue weighted by molar-refractivity contribution is 6.06. The van der Waals surface area contributed by atoms with Crippen LogP contribution in [0.3, 0.4) is 0 Å². The standard InChI is InChI=1S/C23H26F2N4O3/c1-5-9-14(3)32-20-13-19(29-23(31)28(4)21(6-2)27-29)17(25)12-15(20)22(30)26-18-11-8-7-10-16(18)24/h7-8,10-14H,5-6,9H2,1-4H3,(H,26,30). The molecular weight excluding hydrogens is 418 g/mol. The molecule has 0 aliphatic rings. The third-order valence-corrected chi connectivity index (χ3v) is 5.05. The lowest BCUT2D eigenvalue weighted by atomic mass is 10.1. The van der Waals surface area contributed by atoms with Gasteiger partial charge in [0, 0.05) is 19.5 Å². The van der Waals surface area contributed by atoms with E-state index < -0.39 is 23.2 Å². The van der Waals surface area contributed by atoms with Crippen molar-refractivity contribution in [1.29, 1.82) is 0 Å². The van der Waals surface area contributed by atoms with Crippen LogP contribution < -0.4 is 15.7 Å². The van der Waals surface area contributed by atoms with Gasteiger partial charge < -0.3 is 10.1 Å². The van der Waals surface area contributed by atoms with Crippen molar-refractivity contribution in [3.8, 4) is 11.4 Å². The Bertz CT molecular complexity index is 1190. The van der Waals surface area contributed by atoms with Gasteiger partial charge in [-0.25, -0.2) is 13.6 Å². The fraction of sp³-hybridized carbons (Fsp3) is 0.348. The van der Waals surface area contributed by atoms with Crippen LogP contribution in [-0.2, 0) is 13.5 Å². The SMILES string of the molecule is CCCC(C)Oc1cc(-n2nc(CC)n(C)c2=O)c(F)cc1C(=O)Nc1ccccc1F. The molecule has 9 heteroatoms. The van der Waals surface area contributed by atoms with Crippen LogP contribution in [0, 0.1) is 11.6 Å². The van der Waals surface area contributed by atoms with Crippen molar-refractivity contribution in [3.05, 3.63) is 69.9 Å². The maximum atomic E-state index is 15.1. The van der Waals surface area contributed by atoms with Gasteiger partial charge in [0.15, 0.2) is 0 Å². The monoisotopic (exact) mass is 444 g/mol. The van der Waals surface area contributed by atoms with Crippen molar-refractivity contribution >= 4 is 11.6 Å². The third kappa shape index (κ3) is 4.71. The molecule has 0 radical (unpaired) electrons. The van der Waals surface area contributed by atoms with E-state index in [2.05, 4.69) is 10.4 Å². The lowest BCUT2D eigenvalue weighted by Crippen LogP contribution is -2.24. The Labute approximate surface area is 184 Å². The van der Waals surface area contributed by atoms with Crippen molar-refractivity contribution in [1.82, 2.24) is 14.3 Å². The number of rotatable bonds is 8. The molecule has 0 fully saturated rings.